The molecule has 1 aromatic rings. The van der Waals surface area contributed by atoms with Gasteiger partial charge in [0.25, 0.3) is 0 Å². The molecule has 1 saturated carbocycles. The normalized spacial score (nSPS) is 41.0. The van der Waals surface area contributed by atoms with Gasteiger partial charge in [0.2, 0.25) is 0 Å². The number of carbonyl (C=O) groups excluding carboxylic acids is 1. The Morgan fingerprint density at radius 2 is 2.08 bits per heavy atom. The number of carbonyl (C=O) groups is 1. The molecule has 142 valence electrons. The topological polar surface area (TPSA) is 80.8 Å². The van der Waals surface area contributed by atoms with E-state index in [0.29, 0.717) is 25.0 Å². The van der Waals surface area contributed by atoms with E-state index in [1.54, 1.807) is 19.2 Å². The first kappa shape index (κ1) is 17.9. The first-order valence-corrected chi connectivity index (χ1v) is 9.25. The standard InChI is InChI=1S/C20H26O6/c1-19(15(26-19)9-11-21)17-16(23-2)14(8-10-20(17)12-24-20)25-18(22)13-6-4-3-5-7-13/h3-7,14-17,21H,8-12H2,1-2H3/t14-,15-,16-,17-,19+,20+/m1/s1. The first-order valence-electron chi connectivity index (χ1n) is 9.25. The second-order valence-electron chi connectivity index (χ2n) is 7.68. The Balaban J connectivity index is 1.53. The van der Waals surface area contributed by atoms with Crippen LogP contribution in [0.5, 0.6) is 0 Å². The van der Waals surface area contributed by atoms with Crippen molar-refractivity contribution in [3.8, 4) is 0 Å². The number of epoxide rings is 2. The van der Waals surface area contributed by atoms with Gasteiger partial charge in [0.1, 0.15) is 23.4 Å². The summed E-state index contributed by atoms with van der Waals surface area (Å²) in [5, 5.41) is 9.26. The van der Waals surface area contributed by atoms with Crippen molar-refractivity contribution >= 4 is 5.97 Å². The minimum Gasteiger partial charge on any atom is -0.456 e. The summed E-state index contributed by atoms with van der Waals surface area (Å²) >= 11 is 0. The number of rotatable bonds is 6. The van der Waals surface area contributed by atoms with E-state index in [0.717, 1.165) is 6.42 Å². The number of esters is 1. The maximum absolute atomic E-state index is 12.5. The van der Waals surface area contributed by atoms with Crippen LogP contribution in [-0.2, 0) is 18.9 Å². The molecule has 26 heavy (non-hydrogen) atoms. The van der Waals surface area contributed by atoms with Gasteiger partial charge in [-0.3, -0.25) is 0 Å². The van der Waals surface area contributed by atoms with Crippen molar-refractivity contribution in [3.63, 3.8) is 0 Å². The van der Waals surface area contributed by atoms with Gasteiger partial charge in [0, 0.05) is 13.7 Å². The molecule has 6 heteroatoms. The summed E-state index contributed by atoms with van der Waals surface area (Å²) in [6.45, 7) is 2.82. The van der Waals surface area contributed by atoms with Crippen LogP contribution >= 0.6 is 0 Å². The number of hydrogen-bond acceptors (Lipinski definition) is 6. The van der Waals surface area contributed by atoms with Crippen LogP contribution in [0.3, 0.4) is 0 Å². The predicted octanol–water partition coefficient (Wildman–Crippen LogP) is 1.95. The number of aliphatic hydroxyl groups excluding tert-OH is 1. The van der Waals surface area contributed by atoms with E-state index in [4.69, 9.17) is 18.9 Å². The Morgan fingerprint density at radius 3 is 2.69 bits per heavy atom. The lowest BCUT2D eigenvalue weighted by molar-refractivity contribution is -0.120. The second kappa shape index (κ2) is 6.60. The summed E-state index contributed by atoms with van der Waals surface area (Å²) in [6, 6.07) is 9.00. The van der Waals surface area contributed by atoms with Crippen molar-refractivity contribution in [1.29, 1.82) is 0 Å². The van der Waals surface area contributed by atoms with Gasteiger partial charge in [-0.15, -0.1) is 0 Å². The molecule has 2 saturated heterocycles. The van der Waals surface area contributed by atoms with Crippen molar-refractivity contribution in [1.82, 2.24) is 0 Å². The van der Waals surface area contributed by atoms with Gasteiger partial charge >= 0.3 is 5.97 Å². The van der Waals surface area contributed by atoms with Crippen molar-refractivity contribution in [3.05, 3.63) is 35.9 Å². The molecule has 1 aliphatic carbocycles. The van der Waals surface area contributed by atoms with Gasteiger partial charge in [-0.2, -0.15) is 0 Å². The van der Waals surface area contributed by atoms with Crippen molar-refractivity contribution in [2.45, 2.75) is 55.7 Å². The summed E-state index contributed by atoms with van der Waals surface area (Å²) in [5.74, 6) is -0.364. The summed E-state index contributed by atoms with van der Waals surface area (Å²) in [7, 11) is 1.65. The molecule has 3 fully saturated rings. The SMILES string of the molecule is CO[C@@H]1[C@H](OC(=O)c2ccccc2)CC[C@]2(CO2)[C@H]1[C@@]1(C)O[C@@H]1CCO. The van der Waals surface area contributed by atoms with Crippen LogP contribution < -0.4 is 0 Å². The number of hydrogen-bond donors (Lipinski definition) is 1. The third-order valence-corrected chi connectivity index (χ3v) is 6.16. The molecule has 2 heterocycles. The third-order valence-electron chi connectivity index (χ3n) is 6.16. The molecule has 4 rings (SSSR count). The zero-order valence-corrected chi connectivity index (χ0v) is 15.2. The van der Waals surface area contributed by atoms with Crippen molar-refractivity contribution in [2.75, 3.05) is 20.3 Å². The number of ether oxygens (including phenoxy) is 4. The minimum atomic E-state index is -0.419. The Labute approximate surface area is 153 Å². The lowest BCUT2D eigenvalue weighted by Gasteiger charge is -2.42. The van der Waals surface area contributed by atoms with E-state index >= 15 is 0 Å². The predicted molar refractivity (Wildman–Crippen MR) is 92.8 cm³/mol. The van der Waals surface area contributed by atoms with Crippen molar-refractivity contribution in [2.24, 2.45) is 5.92 Å². The molecule has 0 bridgehead atoms. The fourth-order valence-corrected chi connectivity index (χ4v) is 4.69. The average molecular weight is 362 g/mol. The first-order chi connectivity index (χ1) is 12.5. The van der Waals surface area contributed by atoms with Crippen LogP contribution in [0.25, 0.3) is 0 Å². The van der Waals surface area contributed by atoms with E-state index in [2.05, 4.69) is 6.92 Å². The Morgan fingerprint density at radius 1 is 1.35 bits per heavy atom. The van der Waals surface area contributed by atoms with E-state index in [1.807, 2.05) is 18.2 Å². The van der Waals surface area contributed by atoms with Gasteiger partial charge in [-0.05, 0) is 38.3 Å². The summed E-state index contributed by atoms with van der Waals surface area (Å²) < 4.78 is 23.5. The molecule has 0 unspecified atom stereocenters. The van der Waals surface area contributed by atoms with E-state index in [1.165, 1.54) is 0 Å². The van der Waals surface area contributed by atoms with Crippen LogP contribution in [-0.4, -0.2) is 60.9 Å². The van der Waals surface area contributed by atoms with E-state index < -0.39 is 5.60 Å². The van der Waals surface area contributed by atoms with Crippen LogP contribution in [0, 0.1) is 5.92 Å². The van der Waals surface area contributed by atoms with E-state index in [-0.39, 0.29) is 42.4 Å². The molecule has 2 aliphatic heterocycles. The molecular formula is C20H26O6. The third kappa shape index (κ3) is 2.95. The summed E-state index contributed by atoms with van der Waals surface area (Å²) in [6.07, 6.45) is 1.45. The van der Waals surface area contributed by atoms with Crippen LogP contribution in [0.2, 0.25) is 0 Å². The summed E-state index contributed by atoms with van der Waals surface area (Å²) in [4.78, 5) is 12.5. The zero-order valence-electron chi connectivity index (χ0n) is 15.2. The molecule has 6 nitrogen and oxygen atoms in total. The van der Waals surface area contributed by atoms with Gasteiger partial charge in [0.15, 0.2) is 0 Å². The number of aliphatic hydroxyl groups is 1. The maximum Gasteiger partial charge on any atom is 0.338 e. The highest BCUT2D eigenvalue weighted by Gasteiger charge is 2.72. The molecule has 6 atom stereocenters. The second-order valence-corrected chi connectivity index (χ2v) is 7.68. The molecule has 0 amide bonds. The minimum absolute atomic E-state index is 0.0141. The van der Waals surface area contributed by atoms with Gasteiger partial charge in [0.05, 0.1) is 24.2 Å². The van der Waals surface area contributed by atoms with Gasteiger partial charge < -0.3 is 24.1 Å². The maximum atomic E-state index is 12.5. The smallest absolute Gasteiger partial charge is 0.338 e. The molecule has 0 aromatic heterocycles. The molecular weight excluding hydrogens is 336 g/mol. The molecule has 1 aromatic carbocycles. The highest BCUT2D eigenvalue weighted by molar-refractivity contribution is 5.89. The Bertz CT molecular complexity index is 658. The monoisotopic (exact) mass is 362 g/mol. The van der Waals surface area contributed by atoms with Gasteiger partial charge in [-0.1, -0.05) is 18.2 Å². The lowest BCUT2D eigenvalue weighted by Crippen LogP contribution is -2.55. The summed E-state index contributed by atoms with van der Waals surface area (Å²) in [5.41, 5.74) is -0.138. The molecule has 1 spiro atoms. The van der Waals surface area contributed by atoms with Crippen molar-refractivity contribution < 1.29 is 28.8 Å². The van der Waals surface area contributed by atoms with Crippen LogP contribution in [0.1, 0.15) is 36.5 Å². The zero-order chi connectivity index (χ0) is 18.4. The average Bonchev–Trinajstić information content (AvgIpc) is 3.56. The highest BCUT2D eigenvalue weighted by Crippen LogP contribution is 2.59. The molecule has 0 radical (unpaired) electrons. The highest BCUT2D eigenvalue weighted by atomic mass is 16.6. The Hall–Kier alpha value is -1.47. The van der Waals surface area contributed by atoms with Gasteiger partial charge in [-0.25, -0.2) is 4.79 Å². The van der Waals surface area contributed by atoms with E-state index in [9.17, 15) is 9.90 Å². The fraction of sp³-hybridized carbons (Fsp3) is 0.650. The largest absolute Gasteiger partial charge is 0.456 e. The number of benzene rings is 1. The van der Waals surface area contributed by atoms with Crippen LogP contribution in [0.15, 0.2) is 30.3 Å². The van der Waals surface area contributed by atoms with Crippen LogP contribution in [0.4, 0.5) is 0 Å². The quantitative estimate of drug-likeness (QED) is 0.615. The Kier molecular flexibility index (Phi) is 4.55. The fourth-order valence-electron chi connectivity index (χ4n) is 4.69. The lowest BCUT2D eigenvalue weighted by atomic mass is 9.68. The molecule has 3 aliphatic rings. The molecule has 1 N–H and O–H groups in total. The number of methoxy groups -OCH3 is 1.